The molecule has 0 saturated carbocycles. The largest absolute Gasteiger partial charge is 0.481 e. The van der Waals surface area contributed by atoms with E-state index in [-0.39, 0.29) is 25.0 Å². The Morgan fingerprint density at radius 1 is 1.29 bits per heavy atom. The molecular weight excluding hydrogens is 292 g/mol. The Hall–Kier alpha value is -1.75. The van der Waals surface area contributed by atoms with E-state index < -0.39 is 5.97 Å². The van der Waals surface area contributed by atoms with Crippen molar-refractivity contribution in [3.05, 3.63) is 34.9 Å². The molecule has 0 fully saturated rings. The highest BCUT2D eigenvalue weighted by Gasteiger charge is 2.22. The molecule has 1 unspecified atom stereocenters. The van der Waals surface area contributed by atoms with E-state index in [0.717, 1.165) is 5.56 Å². The third-order valence-corrected chi connectivity index (χ3v) is 3.73. The first-order valence-electron chi connectivity index (χ1n) is 6.85. The Balaban J connectivity index is 2.74. The molecule has 1 aromatic carbocycles. The first-order chi connectivity index (χ1) is 9.86. The van der Waals surface area contributed by atoms with Gasteiger partial charge in [-0.2, -0.15) is 0 Å². The van der Waals surface area contributed by atoms with Gasteiger partial charge < -0.3 is 14.9 Å². The number of carbonyl (C=O) groups excluding carboxylic acids is 1. The lowest BCUT2D eigenvalue weighted by atomic mass is 10.1. The number of carboxylic acid groups (broad SMARTS) is 1. The normalized spacial score (nSPS) is 11.8. The number of aliphatic carboxylic acids is 1. The molecule has 2 amide bonds. The van der Waals surface area contributed by atoms with Crippen LogP contribution in [0.25, 0.3) is 0 Å². The molecule has 0 aliphatic rings. The van der Waals surface area contributed by atoms with E-state index in [2.05, 4.69) is 0 Å². The van der Waals surface area contributed by atoms with Crippen molar-refractivity contribution >= 4 is 23.6 Å². The number of hydrogen-bond acceptors (Lipinski definition) is 2. The summed E-state index contributed by atoms with van der Waals surface area (Å²) in [5.41, 5.74) is 0.976. The van der Waals surface area contributed by atoms with Crippen LogP contribution in [-0.4, -0.2) is 47.0 Å². The number of nitrogens with zero attached hydrogens (tertiary/aromatic N) is 2. The number of carboxylic acids is 1. The molecule has 0 aliphatic heterocycles. The van der Waals surface area contributed by atoms with Gasteiger partial charge in [-0.05, 0) is 31.5 Å². The first kappa shape index (κ1) is 17.3. The Morgan fingerprint density at radius 3 is 2.33 bits per heavy atom. The monoisotopic (exact) mass is 312 g/mol. The number of halogens is 1. The molecule has 1 atom stereocenters. The fraction of sp³-hybridized carbons (Fsp3) is 0.467. The average molecular weight is 313 g/mol. The van der Waals surface area contributed by atoms with Gasteiger partial charge in [0.25, 0.3) is 0 Å². The van der Waals surface area contributed by atoms with Crippen molar-refractivity contribution < 1.29 is 14.7 Å². The van der Waals surface area contributed by atoms with E-state index in [1.807, 2.05) is 26.0 Å². The Bertz CT molecular complexity index is 490. The third-order valence-electron chi connectivity index (χ3n) is 3.48. The van der Waals surface area contributed by atoms with Crippen LogP contribution in [0.1, 0.15) is 31.9 Å². The summed E-state index contributed by atoms with van der Waals surface area (Å²) in [5, 5.41) is 9.38. The van der Waals surface area contributed by atoms with Crippen molar-refractivity contribution in [1.82, 2.24) is 9.80 Å². The van der Waals surface area contributed by atoms with Crippen LogP contribution in [0.5, 0.6) is 0 Å². The molecule has 1 rings (SSSR count). The lowest BCUT2D eigenvalue weighted by Crippen LogP contribution is -2.43. The van der Waals surface area contributed by atoms with Gasteiger partial charge in [0.1, 0.15) is 0 Å². The van der Waals surface area contributed by atoms with E-state index in [0.29, 0.717) is 11.6 Å². The number of benzene rings is 1. The summed E-state index contributed by atoms with van der Waals surface area (Å²) >= 11 is 5.86. The molecule has 21 heavy (non-hydrogen) atoms. The summed E-state index contributed by atoms with van der Waals surface area (Å²) in [5.74, 6) is -0.908. The molecule has 0 radical (unpaired) electrons. The maximum Gasteiger partial charge on any atom is 0.320 e. The highest BCUT2D eigenvalue weighted by molar-refractivity contribution is 6.30. The molecule has 5 nitrogen and oxygen atoms in total. The Labute approximate surface area is 130 Å². The van der Waals surface area contributed by atoms with Crippen molar-refractivity contribution in [1.29, 1.82) is 0 Å². The minimum absolute atomic E-state index is 0.0528. The van der Waals surface area contributed by atoms with Crippen molar-refractivity contribution in [3.8, 4) is 0 Å². The maximum atomic E-state index is 12.4. The van der Waals surface area contributed by atoms with Crippen LogP contribution >= 0.6 is 11.6 Å². The second-order valence-corrected chi connectivity index (χ2v) is 5.28. The molecule has 1 aromatic rings. The van der Waals surface area contributed by atoms with E-state index >= 15 is 0 Å². The molecule has 0 bridgehead atoms. The third kappa shape index (κ3) is 4.93. The van der Waals surface area contributed by atoms with E-state index in [9.17, 15) is 9.59 Å². The highest BCUT2D eigenvalue weighted by atomic mass is 35.5. The van der Waals surface area contributed by atoms with Crippen LogP contribution in [0, 0.1) is 0 Å². The van der Waals surface area contributed by atoms with Crippen molar-refractivity contribution in [2.75, 3.05) is 20.1 Å². The molecule has 116 valence electrons. The van der Waals surface area contributed by atoms with Crippen LogP contribution in [0.4, 0.5) is 4.79 Å². The Morgan fingerprint density at radius 2 is 1.86 bits per heavy atom. The van der Waals surface area contributed by atoms with Gasteiger partial charge >= 0.3 is 12.0 Å². The number of urea groups is 1. The van der Waals surface area contributed by atoms with Crippen LogP contribution in [-0.2, 0) is 4.79 Å². The lowest BCUT2D eigenvalue weighted by Gasteiger charge is -2.31. The van der Waals surface area contributed by atoms with Gasteiger partial charge in [-0.15, -0.1) is 0 Å². The standard InChI is InChI=1S/C15H21ClN2O3/c1-4-18(10-9-14(19)20)15(21)17(3)11(2)12-5-7-13(16)8-6-12/h5-8,11H,4,9-10H2,1-3H3,(H,19,20). The summed E-state index contributed by atoms with van der Waals surface area (Å²) in [7, 11) is 1.71. The first-order valence-corrected chi connectivity index (χ1v) is 7.23. The second kappa shape index (κ2) is 7.88. The SMILES string of the molecule is CCN(CCC(=O)O)C(=O)N(C)C(C)c1ccc(Cl)cc1. The zero-order chi connectivity index (χ0) is 16.0. The van der Waals surface area contributed by atoms with E-state index in [4.69, 9.17) is 16.7 Å². The van der Waals surface area contributed by atoms with Gasteiger partial charge in [0.05, 0.1) is 12.5 Å². The summed E-state index contributed by atoms with van der Waals surface area (Å²) in [4.78, 5) is 26.2. The van der Waals surface area contributed by atoms with Crippen LogP contribution in [0.2, 0.25) is 5.02 Å². The quantitative estimate of drug-likeness (QED) is 0.877. The molecule has 6 heteroatoms. The minimum Gasteiger partial charge on any atom is -0.481 e. The predicted molar refractivity (Wildman–Crippen MR) is 82.5 cm³/mol. The molecule has 0 aromatic heterocycles. The summed E-state index contributed by atoms with van der Waals surface area (Å²) in [6.07, 6.45) is -0.0528. The van der Waals surface area contributed by atoms with Crippen molar-refractivity contribution in [2.45, 2.75) is 26.3 Å². The highest BCUT2D eigenvalue weighted by Crippen LogP contribution is 2.21. The van der Waals surface area contributed by atoms with E-state index in [1.54, 1.807) is 24.1 Å². The number of hydrogen-bond donors (Lipinski definition) is 1. The van der Waals surface area contributed by atoms with Crippen molar-refractivity contribution in [3.63, 3.8) is 0 Å². The number of rotatable bonds is 6. The average Bonchev–Trinajstić information content (AvgIpc) is 2.46. The van der Waals surface area contributed by atoms with Crippen molar-refractivity contribution in [2.24, 2.45) is 0 Å². The molecule has 0 spiro atoms. The smallest absolute Gasteiger partial charge is 0.320 e. The maximum absolute atomic E-state index is 12.4. The lowest BCUT2D eigenvalue weighted by molar-refractivity contribution is -0.137. The Kier molecular flexibility index (Phi) is 6.49. The van der Waals surface area contributed by atoms with Crippen LogP contribution in [0.15, 0.2) is 24.3 Å². The fourth-order valence-corrected chi connectivity index (χ4v) is 2.10. The molecule has 1 N–H and O–H groups in total. The van der Waals surface area contributed by atoms with Gasteiger partial charge in [-0.25, -0.2) is 4.79 Å². The number of amides is 2. The molecule has 0 saturated heterocycles. The zero-order valence-electron chi connectivity index (χ0n) is 12.5. The van der Waals surface area contributed by atoms with Crippen LogP contribution < -0.4 is 0 Å². The molecular formula is C15H21ClN2O3. The molecule has 0 aliphatic carbocycles. The second-order valence-electron chi connectivity index (χ2n) is 4.84. The summed E-state index contributed by atoms with van der Waals surface area (Å²) in [6, 6.07) is 7.03. The fourth-order valence-electron chi connectivity index (χ4n) is 1.97. The van der Waals surface area contributed by atoms with Gasteiger partial charge in [-0.1, -0.05) is 23.7 Å². The molecule has 0 heterocycles. The number of carbonyl (C=O) groups is 2. The zero-order valence-corrected chi connectivity index (χ0v) is 13.3. The summed E-state index contributed by atoms with van der Waals surface area (Å²) in [6.45, 7) is 4.44. The van der Waals surface area contributed by atoms with Gasteiger partial charge in [-0.3, -0.25) is 4.79 Å². The summed E-state index contributed by atoms with van der Waals surface area (Å²) < 4.78 is 0. The van der Waals surface area contributed by atoms with Gasteiger partial charge in [0, 0.05) is 25.2 Å². The van der Waals surface area contributed by atoms with E-state index in [1.165, 1.54) is 4.90 Å². The van der Waals surface area contributed by atoms with Gasteiger partial charge in [0.15, 0.2) is 0 Å². The van der Waals surface area contributed by atoms with Crippen LogP contribution in [0.3, 0.4) is 0 Å². The topological polar surface area (TPSA) is 60.9 Å². The minimum atomic E-state index is -0.908. The predicted octanol–water partition coefficient (Wildman–Crippen LogP) is 3.25. The van der Waals surface area contributed by atoms with Gasteiger partial charge in [0.2, 0.25) is 0 Å².